The smallest absolute Gasteiger partial charge is 0.475 e. The second-order valence-electron chi connectivity index (χ2n) is 7.96. The fourth-order valence-electron chi connectivity index (χ4n) is 3.19. The number of carboxylic acid groups (broad SMARTS) is 3. The number of halogens is 9. The molecule has 0 fully saturated rings. The Morgan fingerprint density at radius 1 is 0.929 bits per heavy atom. The summed E-state index contributed by atoms with van der Waals surface area (Å²) >= 11 is 0. The van der Waals surface area contributed by atoms with Crippen molar-refractivity contribution >= 4 is 17.9 Å². The second kappa shape index (κ2) is 16.5. The fourth-order valence-corrected chi connectivity index (χ4v) is 3.19. The molecular weight excluding hydrogens is 603 g/mol. The van der Waals surface area contributed by atoms with Gasteiger partial charge in [-0.1, -0.05) is 6.07 Å². The molecule has 11 nitrogen and oxygen atoms in total. The van der Waals surface area contributed by atoms with E-state index in [4.69, 9.17) is 34.4 Å². The van der Waals surface area contributed by atoms with Gasteiger partial charge in [-0.2, -0.15) is 44.6 Å². The summed E-state index contributed by atoms with van der Waals surface area (Å²) in [6, 6.07) is 4.12. The van der Waals surface area contributed by atoms with Gasteiger partial charge in [-0.05, 0) is 18.6 Å². The fraction of sp³-hybridized carbons (Fsp3) is 0.500. The van der Waals surface area contributed by atoms with Crippen LogP contribution in [0, 0.1) is 0 Å². The predicted molar refractivity (Wildman–Crippen MR) is 122 cm³/mol. The first-order chi connectivity index (χ1) is 19.1. The van der Waals surface area contributed by atoms with Crippen molar-refractivity contribution in [1.82, 2.24) is 19.7 Å². The summed E-state index contributed by atoms with van der Waals surface area (Å²) in [5, 5.41) is 25.9. The summed E-state index contributed by atoms with van der Waals surface area (Å²) in [6.07, 6.45) is -9.48. The number of aliphatic carboxylic acids is 3. The molecule has 0 aliphatic carbocycles. The van der Waals surface area contributed by atoms with E-state index in [1.54, 1.807) is 7.11 Å². The summed E-state index contributed by atoms with van der Waals surface area (Å²) < 4.78 is 103. The minimum Gasteiger partial charge on any atom is -0.475 e. The van der Waals surface area contributed by atoms with Crippen LogP contribution in [0.4, 0.5) is 39.5 Å². The Balaban J connectivity index is 0.000000660. The number of methoxy groups -OCH3 is 1. The van der Waals surface area contributed by atoms with E-state index in [0.29, 0.717) is 5.92 Å². The summed E-state index contributed by atoms with van der Waals surface area (Å²) in [7, 11) is 1.77. The predicted octanol–water partition coefficient (Wildman–Crippen LogP) is 3.94. The molecule has 238 valence electrons. The standard InChI is InChI=1S/C16H22N4O.3C2HF3O2/c1-3-20-16-14(8-18-20)10-19(11-15(16)12-21-2)9-13-5-4-6-17-7-13;3*3-2(4,5)1(6)7/h4-8,15H,3,9-12H2,1-2H3;3*(H,6,7). The number of aryl methyl sites for hydroxylation is 1. The maximum Gasteiger partial charge on any atom is 0.490 e. The number of fused-ring (bicyclic) bond motifs is 1. The first-order valence-corrected chi connectivity index (χ1v) is 11.2. The van der Waals surface area contributed by atoms with E-state index in [0.717, 1.165) is 32.8 Å². The van der Waals surface area contributed by atoms with Crippen LogP contribution in [-0.2, 0) is 38.8 Å². The molecule has 1 aliphatic heterocycles. The molecule has 3 N–H and O–H groups in total. The molecule has 0 spiro atoms. The van der Waals surface area contributed by atoms with Crippen molar-refractivity contribution in [2.75, 3.05) is 20.3 Å². The molecule has 20 heteroatoms. The van der Waals surface area contributed by atoms with E-state index >= 15 is 0 Å². The maximum absolute atomic E-state index is 10.6. The third-order valence-electron chi connectivity index (χ3n) is 4.74. The van der Waals surface area contributed by atoms with Crippen LogP contribution in [0.3, 0.4) is 0 Å². The minimum absolute atomic E-state index is 0.387. The molecular formula is C22H25F9N4O7. The number of alkyl halides is 9. The van der Waals surface area contributed by atoms with Gasteiger partial charge in [0.1, 0.15) is 0 Å². The van der Waals surface area contributed by atoms with E-state index in [1.165, 1.54) is 16.8 Å². The average molecular weight is 628 g/mol. The quantitative estimate of drug-likeness (QED) is 0.415. The van der Waals surface area contributed by atoms with Gasteiger partial charge < -0.3 is 20.1 Å². The molecule has 1 unspecified atom stereocenters. The number of hydrogen-bond donors (Lipinski definition) is 3. The summed E-state index contributed by atoms with van der Waals surface area (Å²) in [5.41, 5.74) is 3.93. The van der Waals surface area contributed by atoms with E-state index in [1.807, 2.05) is 24.7 Å². The lowest BCUT2D eigenvalue weighted by Gasteiger charge is -2.33. The lowest BCUT2D eigenvalue weighted by Crippen LogP contribution is -2.35. The van der Waals surface area contributed by atoms with Gasteiger partial charge >= 0.3 is 36.4 Å². The van der Waals surface area contributed by atoms with Crippen molar-refractivity contribution in [2.24, 2.45) is 0 Å². The van der Waals surface area contributed by atoms with Crippen molar-refractivity contribution < 1.29 is 74.0 Å². The molecule has 0 amide bonds. The van der Waals surface area contributed by atoms with Crippen LogP contribution in [0.5, 0.6) is 0 Å². The number of carboxylic acids is 3. The molecule has 0 aromatic carbocycles. The first-order valence-electron chi connectivity index (χ1n) is 11.2. The third kappa shape index (κ3) is 14.1. The number of ether oxygens (including phenoxy) is 1. The van der Waals surface area contributed by atoms with Gasteiger partial charge in [0.05, 0.1) is 12.8 Å². The van der Waals surface area contributed by atoms with Crippen LogP contribution >= 0.6 is 0 Å². The van der Waals surface area contributed by atoms with E-state index < -0.39 is 36.4 Å². The number of nitrogens with zero attached hydrogens (tertiary/aromatic N) is 4. The Bertz CT molecular complexity index is 1080. The van der Waals surface area contributed by atoms with E-state index in [-0.39, 0.29) is 0 Å². The summed E-state index contributed by atoms with van der Waals surface area (Å²) in [6.45, 7) is 6.66. The zero-order valence-corrected chi connectivity index (χ0v) is 21.7. The van der Waals surface area contributed by atoms with Crippen LogP contribution in [-0.4, -0.2) is 91.7 Å². The van der Waals surface area contributed by atoms with E-state index in [2.05, 4.69) is 32.7 Å². The lowest BCUT2D eigenvalue weighted by atomic mass is 9.96. The van der Waals surface area contributed by atoms with Crippen LogP contribution in [0.1, 0.15) is 29.7 Å². The summed E-state index contributed by atoms with van der Waals surface area (Å²) in [5.74, 6) is -7.88. The zero-order chi connectivity index (χ0) is 32.9. The van der Waals surface area contributed by atoms with Crippen LogP contribution in [0.15, 0.2) is 30.7 Å². The van der Waals surface area contributed by atoms with Crippen molar-refractivity contribution in [3.63, 3.8) is 0 Å². The second-order valence-corrected chi connectivity index (χ2v) is 7.96. The highest BCUT2D eigenvalue weighted by Gasteiger charge is 2.39. The number of aromatic nitrogens is 3. The Morgan fingerprint density at radius 2 is 1.40 bits per heavy atom. The molecule has 2 aromatic rings. The average Bonchev–Trinajstić information content (AvgIpc) is 3.27. The monoisotopic (exact) mass is 628 g/mol. The zero-order valence-electron chi connectivity index (χ0n) is 21.7. The molecule has 3 rings (SSSR count). The topological polar surface area (TPSA) is 155 Å². The Morgan fingerprint density at radius 3 is 1.76 bits per heavy atom. The molecule has 0 saturated heterocycles. The number of carbonyl (C=O) groups is 3. The molecule has 1 aliphatic rings. The molecule has 0 bridgehead atoms. The highest BCUT2D eigenvalue weighted by molar-refractivity contribution is 5.73. The van der Waals surface area contributed by atoms with Crippen LogP contribution in [0.25, 0.3) is 0 Å². The van der Waals surface area contributed by atoms with Gasteiger partial charge in [0, 0.05) is 62.9 Å². The highest BCUT2D eigenvalue weighted by atomic mass is 19.4. The third-order valence-corrected chi connectivity index (χ3v) is 4.74. The molecule has 2 aromatic heterocycles. The summed E-state index contributed by atoms with van der Waals surface area (Å²) in [4.78, 5) is 33.3. The number of pyridine rings is 1. The van der Waals surface area contributed by atoms with Crippen molar-refractivity contribution in [3.8, 4) is 0 Å². The van der Waals surface area contributed by atoms with Crippen molar-refractivity contribution in [3.05, 3.63) is 47.5 Å². The van der Waals surface area contributed by atoms with E-state index in [9.17, 15) is 39.5 Å². The Hall–Kier alpha value is -3.94. The molecule has 0 radical (unpaired) electrons. The first kappa shape index (κ1) is 38.1. The van der Waals surface area contributed by atoms with Crippen LogP contribution < -0.4 is 0 Å². The van der Waals surface area contributed by atoms with Gasteiger partial charge in [-0.3, -0.25) is 14.6 Å². The largest absolute Gasteiger partial charge is 0.490 e. The van der Waals surface area contributed by atoms with Crippen molar-refractivity contribution in [1.29, 1.82) is 0 Å². The minimum atomic E-state index is -5.08. The Labute approximate surface area is 231 Å². The maximum atomic E-state index is 10.6. The number of hydrogen-bond acceptors (Lipinski definition) is 7. The molecule has 42 heavy (non-hydrogen) atoms. The molecule has 3 heterocycles. The van der Waals surface area contributed by atoms with Gasteiger partial charge in [0.2, 0.25) is 0 Å². The SMILES string of the molecule is CCn1ncc2c1C(COC)CN(Cc1cccnc1)C2.O=C(O)C(F)(F)F.O=C(O)C(F)(F)F.O=C(O)C(F)(F)F. The van der Waals surface area contributed by atoms with Crippen molar-refractivity contribution in [2.45, 2.75) is 51.0 Å². The lowest BCUT2D eigenvalue weighted by molar-refractivity contribution is -0.193. The molecule has 0 saturated carbocycles. The molecule has 1 atom stereocenters. The number of rotatable bonds is 5. The Kier molecular flexibility index (Phi) is 14.9. The van der Waals surface area contributed by atoms with Gasteiger partial charge in [-0.15, -0.1) is 0 Å². The normalized spacial score (nSPS) is 15.0. The van der Waals surface area contributed by atoms with Crippen LogP contribution in [0.2, 0.25) is 0 Å². The van der Waals surface area contributed by atoms with Gasteiger partial charge in [0.25, 0.3) is 0 Å². The van der Waals surface area contributed by atoms with Gasteiger partial charge in [-0.25, -0.2) is 14.4 Å². The van der Waals surface area contributed by atoms with Gasteiger partial charge in [0.15, 0.2) is 0 Å². The highest BCUT2D eigenvalue weighted by Crippen LogP contribution is 2.29.